The molecule has 0 spiro atoms. The van der Waals surface area contributed by atoms with Crippen LogP contribution in [-0.4, -0.2) is 12.6 Å². The zero-order valence-corrected chi connectivity index (χ0v) is 20.2. The first-order valence-electron chi connectivity index (χ1n) is 8.67. The molecule has 1 N–H and O–H groups in total. The predicted octanol–water partition coefficient (Wildman–Crippen LogP) is -1.56. The second-order valence-corrected chi connectivity index (χ2v) is 20.9. The molecule has 0 aliphatic heterocycles. The summed E-state index contributed by atoms with van der Waals surface area (Å²) >= 11 is -1.79. The van der Waals surface area contributed by atoms with Gasteiger partial charge in [0.1, 0.15) is 0 Å². The molecule has 1 aliphatic carbocycles. The smallest absolute Gasteiger partial charge is 1.00 e. The first-order valence-corrected chi connectivity index (χ1v) is 15.9. The van der Waals surface area contributed by atoms with E-state index in [1.54, 1.807) is 0 Å². The number of fused-ring (bicyclic) bond motifs is 3. The summed E-state index contributed by atoms with van der Waals surface area (Å²) in [7, 11) is 0. The minimum absolute atomic E-state index is 0. The van der Waals surface area contributed by atoms with Gasteiger partial charge in [-0.05, 0) is 0 Å². The van der Waals surface area contributed by atoms with Gasteiger partial charge >= 0.3 is 153 Å². The van der Waals surface area contributed by atoms with Crippen LogP contribution in [0.3, 0.4) is 0 Å². The van der Waals surface area contributed by atoms with Crippen LogP contribution in [0.1, 0.15) is 36.1 Å². The van der Waals surface area contributed by atoms with Crippen molar-refractivity contribution in [2.24, 2.45) is 5.41 Å². The Hall–Kier alpha value is -0.579. The fourth-order valence-electron chi connectivity index (χ4n) is 3.36. The van der Waals surface area contributed by atoms with Crippen molar-refractivity contribution in [3.8, 4) is 11.1 Å². The number of amides is 1. The van der Waals surface area contributed by atoms with Crippen LogP contribution in [0.5, 0.6) is 0 Å². The largest absolute Gasteiger partial charge is 1.00 e. The van der Waals surface area contributed by atoms with Crippen LogP contribution in [0.4, 0.5) is 0 Å². The first kappa shape index (κ1) is 23.5. The Morgan fingerprint density at radius 2 is 1.35 bits per heavy atom. The average molecular weight is 443 g/mol. The summed E-state index contributed by atoms with van der Waals surface area (Å²) in [4.78, 5) is 12.7. The van der Waals surface area contributed by atoms with E-state index in [1.165, 1.54) is 22.3 Å². The van der Waals surface area contributed by atoms with Gasteiger partial charge in [0.05, 0.1) is 0 Å². The molecule has 2 aromatic carbocycles. The fourth-order valence-corrected chi connectivity index (χ4v) is 13.9. The molecule has 0 atom stereocenters. The van der Waals surface area contributed by atoms with Crippen LogP contribution in [0.15, 0.2) is 48.5 Å². The van der Waals surface area contributed by atoms with Gasteiger partial charge in [-0.1, -0.05) is 0 Å². The number of hydrogen-bond donors (Lipinski definition) is 1. The van der Waals surface area contributed by atoms with Gasteiger partial charge in [-0.3, -0.25) is 0 Å². The Kier molecular flexibility index (Phi) is 8.19. The Morgan fingerprint density at radius 3 is 1.73 bits per heavy atom. The zero-order valence-electron chi connectivity index (χ0n) is 15.9. The summed E-state index contributed by atoms with van der Waals surface area (Å²) in [5.41, 5.74) is 5.28. The van der Waals surface area contributed by atoms with Gasteiger partial charge in [-0.15, -0.1) is 0 Å². The van der Waals surface area contributed by atoms with E-state index >= 15 is 0 Å². The Morgan fingerprint density at radius 1 is 0.923 bits per heavy atom. The molecule has 139 valence electrons. The molecule has 6 heteroatoms. The Bertz CT molecular complexity index is 731. The summed E-state index contributed by atoms with van der Waals surface area (Å²) in [6, 6.07) is 17.5. The first-order chi connectivity index (χ1) is 11.3. The molecular weight excluding hydrogens is 417 g/mol. The molecule has 0 unspecified atom stereocenters. The SMILES string of the molecule is C[SiH](C)[Ti+2]([NH]C(=O)C(C)(C)C)[CH]1c2ccccc2-c2ccccc21.[Cl-].[Cl-]. The van der Waals surface area contributed by atoms with Gasteiger partial charge < -0.3 is 24.8 Å². The molecule has 3 rings (SSSR count). The third-order valence-electron chi connectivity index (χ3n) is 4.71. The average Bonchev–Trinajstić information content (AvgIpc) is 2.86. The van der Waals surface area contributed by atoms with E-state index in [-0.39, 0.29) is 36.1 Å². The number of halogens is 2. The van der Waals surface area contributed by atoms with E-state index in [2.05, 4.69) is 65.4 Å². The van der Waals surface area contributed by atoms with E-state index < -0.39 is 24.0 Å². The normalized spacial score (nSPS) is 12.5. The van der Waals surface area contributed by atoms with Crippen molar-refractivity contribution in [1.29, 1.82) is 0 Å². The molecule has 2 nitrogen and oxygen atoms in total. The molecule has 0 bridgehead atoms. The van der Waals surface area contributed by atoms with Crippen molar-refractivity contribution in [3.63, 3.8) is 0 Å². The van der Waals surface area contributed by atoms with Crippen molar-refractivity contribution in [2.75, 3.05) is 0 Å². The molecule has 0 aromatic heterocycles. The van der Waals surface area contributed by atoms with Crippen molar-refractivity contribution in [1.82, 2.24) is 3.80 Å². The maximum atomic E-state index is 12.7. The molecule has 0 saturated heterocycles. The second-order valence-electron chi connectivity index (χ2n) is 7.92. The zero-order chi connectivity index (χ0) is 17.5. The number of benzene rings is 2. The van der Waals surface area contributed by atoms with Gasteiger partial charge in [0.15, 0.2) is 0 Å². The van der Waals surface area contributed by atoms with E-state index in [0.717, 1.165) is 0 Å². The molecule has 1 aliphatic rings. The maximum absolute atomic E-state index is 12.7. The van der Waals surface area contributed by atoms with Gasteiger partial charge in [-0.25, -0.2) is 0 Å². The van der Waals surface area contributed by atoms with Gasteiger partial charge in [0.2, 0.25) is 0 Å². The molecular formula is C20H26Cl2NOSiTi. The fraction of sp³-hybridized carbons (Fsp3) is 0.350. The molecule has 1 amide bonds. The number of nitrogens with one attached hydrogen (secondary N) is 1. The van der Waals surface area contributed by atoms with Crippen LogP contribution < -0.4 is 28.6 Å². The number of carbonyl (C=O) groups excluding carboxylic acids is 1. The molecule has 26 heavy (non-hydrogen) atoms. The van der Waals surface area contributed by atoms with Gasteiger partial charge in [0, 0.05) is 0 Å². The van der Waals surface area contributed by atoms with Gasteiger partial charge in [0.25, 0.3) is 0 Å². The van der Waals surface area contributed by atoms with Crippen LogP contribution >= 0.6 is 0 Å². The third kappa shape index (κ3) is 4.45. The van der Waals surface area contributed by atoms with Crippen LogP contribution in [0, 0.1) is 5.41 Å². The van der Waals surface area contributed by atoms with Crippen molar-refractivity contribution < 1.29 is 47.0 Å². The van der Waals surface area contributed by atoms with Crippen molar-refractivity contribution in [2.45, 2.75) is 38.1 Å². The van der Waals surface area contributed by atoms with Crippen LogP contribution in [0.2, 0.25) is 13.1 Å². The molecule has 0 radical (unpaired) electrons. The van der Waals surface area contributed by atoms with Gasteiger partial charge in [-0.2, -0.15) is 0 Å². The molecule has 0 fully saturated rings. The van der Waals surface area contributed by atoms with E-state index in [1.807, 2.05) is 20.8 Å². The van der Waals surface area contributed by atoms with E-state index in [4.69, 9.17) is 0 Å². The summed E-state index contributed by atoms with van der Waals surface area (Å²) in [5.74, 6) is 0.223. The molecule has 0 saturated carbocycles. The van der Waals surface area contributed by atoms with E-state index in [0.29, 0.717) is 4.22 Å². The number of hydrogen-bond acceptors (Lipinski definition) is 1. The molecule has 0 heterocycles. The second kappa shape index (κ2) is 9.07. The van der Waals surface area contributed by atoms with Crippen LogP contribution in [0.25, 0.3) is 11.1 Å². The summed E-state index contributed by atoms with van der Waals surface area (Å²) < 4.78 is 4.01. The summed E-state index contributed by atoms with van der Waals surface area (Å²) in [6.07, 6.45) is 0. The summed E-state index contributed by atoms with van der Waals surface area (Å²) in [6.45, 7) is 9.89. The standard InChI is InChI=1S/C13H9.C5H11NO.C2H7Si.2ClH.Ti/c1-3-7-12-10(5-1)9-11-6-2-4-8-13(11)12;1-5(2,3)4(6)7;1-3-2;;;/h1-9H;1-3H3,(H2,6,7);3H,1-2H3;2*1H;/q;;;;;+3/p-3. The summed E-state index contributed by atoms with van der Waals surface area (Å²) in [5, 5.41) is 0. The Labute approximate surface area is 176 Å². The topological polar surface area (TPSA) is 29.1 Å². The van der Waals surface area contributed by atoms with E-state index in [9.17, 15) is 4.79 Å². The molecule has 2 aromatic rings. The predicted molar refractivity (Wildman–Crippen MR) is 100 cm³/mol. The third-order valence-corrected chi connectivity index (χ3v) is 16.5. The minimum atomic E-state index is -1.79. The monoisotopic (exact) mass is 442 g/mol. The quantitative estimate of drug-likeness (QED) is 0.572. The number of carbonyl (C=O) groups is 1. The van der Waals surface area contributed by atoms with Crippen molar-refractivity contribution in [3.05, 3.63) is 59.7 Å². The Balaban J connectivity index is 0.00000169. The maximum Gasteiger partial charge on any atom is -1.00 e. The van der Waals surface area contributed by atoms with Crippen molar-refractivity contribution >= 4 is 12.6 Å². The number of rotatable bonds is 3. The van der Waals surface area contributed by atoms with Crippen LogP contribution in [-0.2, 0) is 22.2 Å². The minimum Gasteiger partial charge on any atom is -1.00 e.